The van der Waals surface area contributed by atoms with Gasteiger partial charge in [0, 0.05) is 18.7 Å². The molecule has 0 aromatic carbocycles. The average Bonchev–Trinajstić information content (AvgIpc) is 2.67. The molecule has 1 saturated carbocycles. The van der Waals surface area contributed by atoms with E-state index in [9.17, 15) is 14.4 Å². The summed E-state index contributed by atoms with van der Waals surface area (Å²) in [5.74, 6) is 0.278. The van der Waals surface area contributed by atoms with Crippen LogP contribution in [0.25, 0.3) is 0 Å². The summed E-state index contributed by atoms with van der Waals surface area (Å²) in [5, 5.41) is 5.80. The number of amides is 2. The Morgan fingerprint density at radius 3 is 2.57 bits per heavy atom. The number of ether oxygens (including phenoxy) is 1. The zero-order valence-corrected chi connectivity index (χ0v) is 16.6. The van der Waals surface area contributed by atoms with Crippen LogP contribution < -0.4 is 10.6 Å². The van der Waals surface area contributed by atoms with Crippen molar-refractivity contribution in [2.24, 2.45) is 11.8 Å². The lowest BCUT2D eigenvalue weighted by Gasteiger charge is -2.28. The summed E-state index contributed by atoms with van der Waals surface area (Å²) in [6.45, 7) is 4.56. The van der Waals surface area contributed by atoms with Crippen LogP contribution in [-0.2, 0) is 19.1 Å². The predicted molar refractivity (Wildman–Crippen MR) is 105 cm³/mol. The minimum atomic E-state index is -0.313. The summed E-state index contributed by atoms with van der Waals surface area (Å²) in [6, 6.07) is 4.05. The Labute approximate surface area is 165 Å². The van der Waals surface area contributed by atoms with Gasteiger partial charge in [0.15, 0.2) is 0 Å². The Morgan fingerprint density at radius 1 is 1.21 bits per heavy atom. The number of piperidine rings is 1. The smallest absolute Gasteiger partial charge is 0.308 e. The largest absolute Gasteiger partial charge is 0.465 e. The third-order valence-corrected chi connectivity index (χ3v) is 5.40. The first kappa shape index (κ1) is 20.3. The summed E-state index contributed by atoms with van der Waals surface area (Å²) in [6.07, 6.45) is 6.04. The van der Waals surface area contributed by atoms with E-state index < -0.39 is 0 Å². The average molecular weight is 387 g/mol. The minimum Gasteiger partial charge on any atom is -0.465 e. The molecular weight excluding hydrogens is 358 g/mol. The van der Waals surface area contributed by atoms with Gasteiger partial charge in [0.2, 0.25) is 11.8 Å². The van der Waals surface area contributed by atoms with Gasteiger partial charge in [-0.1, -0.05) is 19.9 Å². The van der Waals surface area contributed by atoms with Crippen LogP contribution in [0.15, 0.2) is 18.3 Å². The number of nitrogens with zero attached hydrogens (tertiary/aromatic N) is 1. The van der Waals surface area contributed by atoms with Gasteiger partial charge >= 0.3 is 5.97 Å². The third-order valence-electron chi connectivity index (χ3n) is 5.40. The molecule has 28 heavy (non-hydrogen) atoms. The van der Waals surface area contributed by atoms with E-state index in [0.29, 0.717) is 25.4 Å². The van der Waals surface area contributed by atoms with Crippen LogP contribution >= 0.6 is 0 Å². The maximum Gasteiger partial charge on any atom is 0.308 e. The number of pyridine rings is 1. The molecule has 1 aromatic rings. The lowest BCUT2D eigenvalue weighted by Crippen LogP contribution is -2.39. The molecule has 1 aliphatic carbocycles. The van der Waals surface area contributed by atoms with Gasteiger partial charge in [-0.05, 0) is 49.7 Å². The van der Waals surface area contributed by atoms with E-state index in [2.05, 4.69) is 15.6 Å². The van der Waals surface area contributed by atoms with Crippen LogP contribution in [0.3, 0.4) is 0 Å². The number of carbonyl (C=O) groups excluding carboxylic acids is 3. The standard InChI is InChI=1S/C21H29N3O4/c1-13(2)12-28-21(27)14-3-6-16(7-4-14)23-18-9-5-15(11-22-18)17-8-10-19(25)24-20(17)26/h5,9,11,13-14,16-17H,3-4,6-8,10,12H2,1-2H3,(H,22,23)(H,24,25,26)/t14-,16-,17?. The lowest BCUT2D eigenvalue weighted by atomic mass is 9.86. The van der Waals surface area contributed by atoms with Crippen molar-refractivity contribution in [1.29, 1.82) is 0 Å². The van der Waals surface area contributed by atoms with Gasteiger partial charge in [-0.2, -0.15) is 0 Å². The van der Waals surface area contributed by atoms with E-state index in [-0.39, 0.29) is 35.7 Å². The van der Waals surface area contributed by atoms with E-state index >= 15 is 0 Å². The van der Waals surface area contributed by atoms with Crippen LogP contribution in [0.4, 0.5) is 5.82 Å². The number of esters is 1. The van der Waals surface area contributed by atoms with Crippen molar-refractivity contribution in [3.8, 4) is 0 Å². The first-order valence-electron chi connectivity index (χ1n) is 10.1. The maximum absolute atomic E-state index is 12.1. The van der Waals surface area contributed by atoms with Gasteiger partial charge < -0.3 is 10.1 Å². The summed E-state index contributed by atoms with van der Waals surface area (Å²) in [4.78, 5) is 39.8. The molecule has 0 radical (unpaired) electrons. The molecule has 2 amide bonds. The molecule has 1 unspecified atom stereocenters. The number of rotatable bonds is 6. The van der Waals surface area contributed by atoms with Gasteiger partial charge in [-0.25, -0.2) is 4.98 Å². The Bertz CT molecular complexity index is 709. The topological polar surface area (TPSA) is 97.4 Å². The molecule has 0 spiro atoms. The van der Waals surface area contributed by atoms with Gasteiger partial charge in [0.1, 0.15) is 5.82 Å². The highest BCUT2D eigenvalue weighted by molar-refractivity contribution is 6.00. The van der Waals surface area contributed by atoms with Crippen LogP contribution in [0, 0.1) is 11.8 Å². The molecule has 2 aliphatic rings. The van der Waals surface area contributed by atoms with Crippen LogP contribution in [-0.4, -0.2) is 35.4 Å². The normalized spacial score (nSPS) is 25.3. The molecule has 2 N–H and O–H groups in total. The quantitative estimate of drug-likeness (QED) is 0.575. The molecule has 0 bridgehead atoms. The fraction of sp³-hybridized carbons (Fsp3) is 0.619. The molecule has 1 aliphatic heterocycles. The van der Waals surface area contributed by atoms with Crippen molar-refractivity contribution in [3.63, 3.8) is 0 Å². The van der Waals surface area contributed by atoms with Gasteiger partial charge in [-0.15, -0.1) is 0 Å². The number of carbonyl (C=O) groups is 3. The molecule has 1 aromatic heterocycles. The monoisotopic (exact) mass is 387 g/mol. The summed E-state index contributed by atoms with van der Waals surface area (Å²) in [5.41, 5.74) is 0.826. The van der Waals surface area contributed by atoms with Crippen molar-refractivity contribution >= 4 is 23.6 Å². The van der Waals surface area contributed by atoms with Crippen LogP contribution in [0.1, 0.15) is 63.9 Å². The van der Waals surface area contributed by atoms with Gasteiger partial charge in [0.25, 0.3) is 0 Å². The highest BCUT2D eigenvalue weighted by Gasteiger charge is 2.29. The number of anilines is 1. The second kappa shape index (κ2) is 9.17. The number of hydrogen-bond donors (Lipinski definition) is 2. The molecule has 2 heterocycles. The van der Waals surface area contributed by atoms with Gasteiger partial charge in [0.05, 0.1) is 18.4 Å². The second-order valence-electron chi connectivity index (χ2n) is 8.20. The highest BCUT2D eigenvalue weighted by Crippen LogP contribution is 2.28. The molecule has 7 nitrogen and oxygen atoms in total. The van der Waals surface area contributed by atoms with Crippen molar-refractivity contribution < 1.29 is 19.1 Å². The Hall–Kier alpha value is -2.44. The minimum absolute atomic E-state index is 0.000315. The van der Waals surface area contributed by atoms with Crippen LogP contribution in [0.5, 0.6) is 0 Å². The second-order valence-corrected chi connectivity index (χ2v) is 8.20. The SMILES string of the molecule is CC(C)COC(=O)[C@H]1CC[C@H](Nc2ccc(C3CCC(=O)NC3=O)cn2)CC1. The summed E-state index contributed by atoms with van der Waals surface area (Å²) < 4.78 is 5.36. The third kappa shape index (κ3) is 5.30. The van der Waals surface area contributed by atoms with E-state index in [1.165, 1.54) is 0 Å². The first-order valence-corrected chi connectivity index (χ1v) is 10.1. The van der Waals surface area contributed by atoms with E-state index in [0.717, 1.165) is 37.1 Å². The summed E-state index contributed by atoms with van der Waals surface area (Å²) in [7, 11) is 0. The Balaban J connectivity index is 1.47. The molecule has 3 rings (SSSR count). The molecule has 7 heteroatoms. The fourth-order valence-corrected chi connectivity index (χ4v) is 3.76. The predicted octanol–water partition coefficient (Wildman–Crippen LogP) is 2.77. The zero-order valence-electron chi connectivity index (χ0n) is 16.6. The fourth-order valence-electron chi connectivity index (χ4n) is 3.76. The van der Waals surface area contributed by atoms with Crippen molar-refractivity contribution in [1.82, 2.24) is 10.3 Å². The number of aromatic nitrogens is 1. The van der Waals surface area contributed by atoms with Crippen molar-refractivity contribution in [3.05, 3.63) is 23.9 Å². The molecular formula is C21H29N3O4. The van der Waals surface area contributed by atoms with E-state index in [1.807, 2.05) is 26.0 Å². The zero-order chi connectivity index (χ0) is 20.1. The van der Waals surface area contributed by atoms with Crippen molar-refractivity contribution in [2.75, 3.05) is 11.9 Å². The molecule has 1 saturated heterocycles. The van der Waals surface area contributed by atoms with E-state index in [4.69, 9.17) is 4.74 Å². The Kier molecular flexibility index (Phi) is 6.65. The number of imide groups is 1. The maximum atomic E-state index is 12.1. The van der Waals surface area contributed by atoms with E-state index in [1.54, 1.807) is 6.20 Å². The van der Waals surface area contributed by atoms with Crippen molar-refractivity contribution in [2.45, 2.75) is 64.3 Å². The molecule has 2 fully saturated rings. The van der Waals surface area contributed by atoms with Crippen LogP contribution in [0.2, 0.25) is 0 Å². The first-order chi connectivity index (χ1) is 13.4. The number of nitrogens with one attached hydrogen (secondary N) is 2. The lowest BCUT2D eigenvalue weighted by molar-refractivity contribution is -0.150. The molecule has 1 atom stereocenters. The highest BCUT2D eigenvalue weighted by atomic mass is 16.5. The number of hydrogen-bond acceptors (Lipinski definition) is 6. The van der Waals surface area contributed by atoms with Gasteiger partial charge in [-0.3, -0.25) is 19.7 Å². The molecule has 152 valence electrons. The summed E-state index contributed by atoms with van der Waals surface area (Å²) >= 11 is 0. The Morgan fingerprint density at radius 2 is 1.96 bits per heavy atom.